The summed E-state index contributed by atoms with van der Waals surface area (Å²) in [6.07, 6.45) is 18.6. The third-order valence-corrected chi connectivity index (χ3v) is 5.26. The van der Waals surface area contributed by atoms with Crippen molar-refractivity contribution in [3.63, 3.8) is 0 Å². The number of benzene rings is 1. The van der Waals surface area contributed by atoms with Crippen molar-refractivity contribution in [2.45, 2.75) is 96.8 Å². The predicted molar refractivity (Wildman–Crippen MR) is 123 cm³/mol. The lowest BCUT2D eigenvalue weighted by Crippen LogP contribution is -2.04. The van der Waals surface area contributed by atoms with E-state index in [9.17, 15) is 9.18 Å². The molecule has 0 heterocycles. The first-order chi connectivity index (χ1) is 13.1. The molecule has 0 unspecified atom stereocenters. The SMILES string of the molecule is CCCCCCCCCCCCCCCCNc1ccc(C(=O)Cl)cc1F.Cl. The lowest BCUT2D eigenvalue weighted by atomic mass is 10.0. The van der Waals surface area contributed by atoms with Crippen molar-refractivity contribution in [3.8, 4) is 0 Å². The van der Waals surface area contributed by atoms with E-state index in [4.69, 9.17) is 11.6 Å². The highest BCUT2D eigenvalue weighted by molar-refractivity contribution is 6.67. The molecule has 0 aliphatic rings. The van der Waals surface area contributed by atoms with Gasteiger partial charge in [-0.05, 0) is 36.2 Å². The smallest absolute Gasteiger partial charge is 0.252 e. The minimum absolute atomic E-state index is 0. The first kappa shape index (κ1) is 27.2. The second-order valence-electron chi connectivity index (χ2n) is 7.49. The molecule has 0 aliphatic carbocycles. The third-order valence-electron chi connectivity index (χ3n) is 5.04. The molecule has 0 radical (unpaired) electrons. The number of anilines is 1. The minimum Gasteiger partial charge on any atom is -0.383 e. The van der Waals surface area contributed by atoms with Crippen LogP contribution in [-0.4, -0.2) is 11.8 Å². The Labute approximate surface area is 182 Å². The monoisotopic (exact) mass is 433 g/mol. The average Bonchev–Trinajstić information content (AvgIpc) is 2.65. The van der Waals surface area contributed by atoms with Crippen LogP contribution in [0.25, 0.3) is 0 Å². The van der Waals surface area contributed by atoms with Crippen LogP contribution < -0.4 is 5.32 Å². The summed E-state index contributed by atoms with van der Waals surface area (Å²) in [4.78, 5) is 11.0. The first-order valence-corrected chi connectivity index (χ1v) is 11.3. The fourth-order valence-corrected chi connectivity index (χ4v) is 3.44. The molecule has 0 spiro atoms. The molecule has 1 rings (SSSR count). The number of unbranched alkanes of at least 4 members (excludes halogenated alkanes) is 13. The van der Waals surface area contributed by atoms with Gasteiger partial charge in [-0.25, -0.2) is 4.39 Å². The number of hydrogen-bond donors (Lipinski definition) is 1. The van der Waals surface area contributed by atoms with Crippen molar-refractivity contribution < 1.29 is 9.18 Å². The van der Waals surface area contributed by atoms with Gasteiger partial charge in [0.15, 0.2) is 0 Å². The molecule has 1 N–H and O–H groups in total. The summed E-state index contributed by atoms with van der Waals surface area (Å²) >= 11 is 5.35. The molecule has 1 aromatic carbocycles. The van der Waals surface area contributed by atoms with Gasteiger partial charge in [0.2, 0.25) is 0 Å². The van der Waals surface area contributed by atoms with Crippen LogP contribution in [0.1, 0.15) is 107 Å². The molecule has 1 aromatic rings. The summed E-state index contributed by atoms with van der Waals surface area (Å²) in [5.41, 5.74) is 0.627. The van der Waals surface area contributed by atoms with E-state index < -0.39 is 11.1 Å². The number of carbonyl (C=O) groups is 1. The number of hydrogen-bond acceptors (Lipinski definition) is 2. The third kappa shape index (κ3) is 13.4. The van der Waals surface area contributed by atoms with Crippen LogP contribution in [0.3, 0.4) is 0 Å². The van der Waals surface area contributed by atoms with Gasteiger partial charge in [-0.2, -0.15) is 0 Å². The van der Waals surface area contributed by atoms with Crippen molar-refractivity contribution in [1.29, 1.82) is 0 Å². The van der Waals surface area contributed by atoms with Gasteiger partial charge >= 0.3 is 0 Å². The summed E-state index contributed by atoms with van der Waals surface area (Å²) in [6.45, 7) is 3.02. The highest BCUT2D eigenvalue weighted by Crippen LogP contribution is 2.17. The van der Waals surface area contributed by atoms with Crippen molar-refractivity contribution in [2.24, 2.45) is 0 Å². The zero-order valence-electron chi connectivity index (χ0n) is 17.4. The summed E-state index contributed by atoms with van der Waals surface area (Å²) in [7, 11) is 0. The van der Waals surface area contributed by atoms with Gasteiger partial charge in [0.25, 0.3) is 5.24 Å². The summed E-state index contributed by atoms with van der Waals surface area (Å²) < 4.78 is 13.8. The normalized spacial score (nSPS) is 10.5. The Morgan fingerprint density at radius 2 is 1.32 bits per heavy atom. The molecule has 0 atom stereocenters. The van der Waals surface area contributed by atoms with Crippen LogP contribution in [0.5, 0.6) is 0 Å². The molecule has 0 fully saturated rings. The van der Waals surface area contributed by atoms with Crippen LogP contribution in [0, 0.1) is 5.82 Å². The van der Waals surface area contributed by atoms with Gasteiger partial charge in [-0.3, -0.25) is 4.79 Å². The summed E-state index contributed by atoms with van der Waals surface area (Å²) in [6, 6.07) is 4.31. The molecule has 2 nitrogen and oxygen atoms in total. The van der Waals surface area contributed by atoms with Gasteiger partial charge in [0.1, 0.15) is 5.82 Å². The molecule has 0 aromatic heterocycles. The topological polar surface area (TPSA) is 29.1 Å². The Hall–Kier alpha value is -0.800. The van der Waals surface area contributed by atoms with Gasteiger partial charge in [0, 0.05) is 12.1 Å². The lowest BCUT2D eigenvalue weighted by molar-refractivity contribution is 0.108. The molecule has 0 aliphatic heterocycles. The van der Waals surface area contributed by atoms with Gasteiger partial charge in [-0.1, -0.05) is 90.4 Å². The van der Waals surface area contributed by atoms with Crippen LogP contribution in [0.15, 0.2) is 18.2 Å². The molecular weight excluding hydrogens is 396 g/mol. The average molecular weight is 434 g/mol. The zero-order chi connectivity index (χ0) is 19.7. The van der Waals surface area contributed by atoms with E-state index in [1.54, 1.807) is 12.1 Å². The van der Waals surface area contributed by atoms with Crippen molar-refractivity contribution in [3.05, 3.63) is 29.6 Å². The molecule has 28 heavy (non-hydrogen) atoms. The van der Waals surface area contributed by atoms with Crippen molar-refractivity contribution >= 4 is 34.9 Å². The Bertz CT molecular complexity index is 525. The fourth-order valence-electron chi connectivity index (χ4n) is 3.32. The Kier molecular flexibility index (Phi) is 17.7. The van der Waals surface area contributed by atoms with E-state index in [2.05, 4.69) is 12.2 Å². The van der Waals surface area contributed by atoms with Crippen LogP contribution in [0.4, 0.5) is 10.1 Å². The number of halogens is 3. The molecule has 0 amide bonds. The molecule has 0 saturated carbocycles. The molecular formula is C23H38Cl2FNO. The zero-order valence-corrected chi connectivity index (χ0v) is 19.0. The highest BCUT2D eigenvalue weighted by atomic mass is 35.5. The van der Waals surface area contributed by atoms with E-state index in [0.717, 1.165) is 13.0 Å². The van der Waals surface area contributed by atoms with E-state index in [1.165, 1.54) is 89.5 Å². The van der Waals surface area contributed by atoms with E-state index in [0.29, 0.717) is 5.69 Å². The second kappa shape index (κ2) is 18.2. The van der Waals surface area contributed by atoms with Crippen molar-refractivity contribution in [1.82, 2.24) is 0 Å². The maximum absolute atomic E-state index is 13.8. The Morgan fingerprint density at radius 1 is 0.857 bits per heavy atom. The Morgan fingerprint density at radius 3 is 1.75 bits per heavy atom. The van der Waals surface area contributed by atoms with E-state index >= 15 is 0 Å². The van der Waals surface area contributed by atoms with Gasteiger partial charge in [0.05, 0.1) is 5.69 Å². The number of nitrogens with one attached hydrogen (secondary N) is 1. The van der Waals surface area contributed by atoms with Crippen LogP contribution in [-0.2, 0) is 0 Å². The summed E-state index contributed by atoms with van der Waals surface area (Å²) in [5.74, 6) is -0.424. The predicted octanol–water partition coefficient (Wildman–Crippen LogP) is 8.52. The van der Waals surface area contributed by atoms with E-state index in [1.807, 2.05) is 0 Å². The maximum Gasteiger partial charge on any atom is 0.252 e. The van der Waals surface area contributed by atoms with Crippen LogP contribution >= 0.6 is 24.0 Å². The Balaban J connectivity index is 0.00000729. The van der Waals surface area contributed by atoms with E-state index in [-0.39, 0.29) is 18.0 Å². The quantitative estimate of drug-likeness (QED) is 0.197. The molecule has 0 saturated heterocycles. The molecule has 162 valence electrons. The largest absolute Gasteiger partial charge is 0.383 e. The van der Waals surface area contributed by atoms with Gasteiger partial charge in [-0.15, -0.1) is 12.4 Å². The minimum atomic E-state index is -0.632. The highest BCUT2D eigenvalue weighted by Gasteiger charge is 2.07. The number of rotatable bonds is 17. The first-order valence-electron chi connectivity index (χ1n) is 10.9. The second-order valence-corrected chi connectivity index (χ2v) is 7.83. The molecule has 5 heteroatoms. The molecule has 0 bridgehead atoms. The fraction of sp³-hybridized carbons (Fsp3) is 0.696. The maximum atomic E-state index is 13.8. The van der Waals surface area contributed by atoms with Crippen molar-refractivity contribution in [2.75, 3.05) is 11.9 Å². The van der Waals surface area contributed by atoms with Crippen LogP contribution in [0.2, 0.25) is 0 Å². The number of carbonyl (C=O) groups excluding carboxylic acids is 1. The summed E-state index contributed by atoms with van der Waals surface area (Å²) in [5, 5.41) is 2.46. The van der Waals surface area contributed by atoms with Gasteiger partial charge < -0.3 is 5.32 Å². The lowest BCUT2D eigenvalue weighted by Gasteiger charge is -2.08. The standard InChI is InChI=1S/C23H37ClFNO.ClH/c1-2-3-4-5-6-7-8-9-10-11-12-13-14-15-18-26-22-17-16-20(23(24)27)19-21(22)25;/h16-17,19,26H,2-15,18H2,1H3;1H.